The van der Waals surface area contributed by atoms with E-state index < -0.39 is 0 Å². The van der Waals surface area contributed by atoms with Gasteiger partial charge >= 0.3 is 0 Å². The predicted octanol–water partition coefficient (Wildman–Crippen LogP) is 3.02. The van der Waals surface area contributed by atoms with Crippen LogP contribution < -0.4 is 0 Å². The fraction of sp³-hybridized carbons (Fsp3) is 0.444. The van der Waals surface area contributed by atoms with Gasteiger partial charge in [-0.05, 0) is 5.92 Å². The Bertz CT molecular complexity index is 628. The lowest BCUT2D eigenvalue weighted by atomic mass is 10.2. The van der Waals surface area contributed by atoms with E-state index in [2.05, 4.69) is 69.9 Å². The van der Waals surface area contributed by atoms with Crippen LogP contribution >= 0.6 is 0 Å². The fourth-order valence-electron chi connectivity index (χ4n) is 2.83. The largest absolute Gasteiger partial charge is 0.310 e. The number of hydrogen-bond acceptors (Lipinski definition) is 3. The summed E-state index contributed by atoms with van der Waals surface area (Å²) in [4.78, 5) is 2.49. The molecule has 0 amide bonds. The average molecular weight is 296 g/mol. The molecule has 116 valence electrons. The Morgan fingerprint density at radius 3 is 2.68 bits per heavy atom. The second-order valence-corrected chi connectivity index (χ2v) is 6.18. The maximum atomic E-state index is 4.40. The minimum absolute atomic E-state index is 0.622. The molecule has 0 N–H and O–H groups in total. The number of hydrogen-bond donors (Lipinski definition) is 0. The van der Waals surface area contributed by atoms with Gasteiger partial charge < -0.3 is 4.57 Å². The molecule has 0 bridgehead atoms. The SMILES string of the molecule is CC(C)/C=C/CN1CCc2nnc(-c3ccccc3)n2CC1. The van der Waals surface area contributed by atoms with Gasteiger partial charge in [-0.2, -0.15) is 0 Å². The maximum absolute atomic E-state index is 4.40. The molecule has 0 radical (unpaired) electrons. The maximum Gasteiger partial charge on any atom is 0.164 e. The van der Waals surface area contributed by atoms with Crippen molar-refractivity contribution in [1.29, 1.82) is 0 Å². The molecule has 0 unspecified atom stereocenters. The topological polar surface area (TPSA) is 34.0 Å². The van der Waals surface area contributed by atoms with E-state index in [1.54, 1.807) is 0 Å². The zero-order valence-electron chi connectivity index (χ0n) is 13.4. The van der Waals surface area contributed by atoms with Gasteiger partial charge in [0, 0.05) is 38.2 Å². The van der Waals surface area contributed by atoms with Crippen LogP contribution in [0.2, 0.25) is 0 Å². The molecule has 3 rings (SSSR count). The highest BCUT2D eigenvalue weighted by Gasteiger charge is 2.18. The molecule has 4 heteroatoms. The summed E-state index contributed by atoms with van der Waals surface area (Å²) in [7, 11) is 0. The third kappa shape index (κ3) is 3.45. The van der Waals surface area contributed by atoms with E-state index in [1.165, 1.54) is 0 Å². The van der Waals surface area contributed by atoms with Crippen LogP contribution in [0.1, 0.15) is 19.7 Å². The Hall–Kier alpha value is -1.94. The summed E-state index contributed by atoms with van der Waals surface area (Å²) in [6, 6.07) is 10.3. The summed E-state index contributed by atoms with van der Waals surface area (Å²) in [5.41, 5.74) is 1.15. The molecule has 0 aliphatic carbocycles. The average Bonchev–Trinajstić information content (AvgIpc) is 2.83. The van der Waals surface area contributed by atoms with Crippen molar-refractivity contribution >= 4 is 0 Å². The van der Waals surface area contributed by atoms with Crippen LogP contribution in [0.5, 0.6) is 0 Å². The second kappa shape index (κ2) is 6.88. The standard InChI is InChI=1S/C18H24N4/c1-15(2)7-6-11-21-12-10-17-19-20-18(22(17)14-13-21)16-8-4-3-5-9-16/h3-9,15H,10-14H2,1-2H3/b7-6+. The van der Waals surface area contributed by atoms with Gasteiger partial charge in [-0.1, -0.05) is 56.3 Å². The summed E-state index contributed by atoms with van der Waals surface area (Å²) >= 11 is 0. The fourth-order valence-corrected chi connectivity index (χ4v) is 2.83. The third-order valence-electron chi connectivity index (χ3n) is 4.04. The van der Waals surface area contributed by atoms with Gasteiger partial charge in [0.2, 0.25) is 0 Å². The minimum Gasteiger partial charge on any atom is -0.310 e. The molecule has 0 saturated heterocycles. The molecular formula is C18H24N4. The molecule has 2 heterocycles. The Labute approximate surface area is 132 Å². The van der Waals surface area contributed by atoms with Gasteiger partial charge in [0.25, 0.3) is 0 Å². The zero-order chi connectivity index (χ0) is 15.4. The van der Waals surface area contributed by atoms with E-state index in [-0.39, 0.29) is 0 Å². The van der Waals surface area contributed by atoms with Crippen LogP contribution in [-0.4, -0.2) is 39.3 Å². The second-order valence-electron chi connectivity index (χ2n) is 6.18. The van der Waals surface area contributed by atoms with E-state index in [9.17, 15) is 0 Å². The van der Waals surface area contributed by atoms with E-state index >= 15 is 0 Å². The lowest BCUT2D eigenvalue weighted by Gasteiger charge is -2.17. The van der Waals surface area contributed by atoms with Crippen molar-refractivity contribution in [1.82, 2.24) is 19.7 Å². The van der Waals surface area contributed by atoms with Crippen LogP contribution in [0.15, 0.2) is 42.5 Å². The van der Waals surface area contributed by atoms with Gasteiger partial charge in [0.1, 0.15) is 5.82 Å². The van der Waals surface area contributed by atoms with Crippen molar-refractivity contribution in [3.8, 4) is 11.4 Å². The summed E-state index contributed by atoms with van der Waals surface area (Å²) in [5, 5.41) is 8.80. The lowest BCUT2D eigenvalue weighted by molar-refractivity contribution is 0.308. The summed E-state index contributed by atoms with van der Waals surface area (Å²) in [6.07, 6.45) is 5.53. The summed E-state index contributed by atoms with van der Waals surface area (Å²) in [5.74, 6) is 2.72. The van der Waals surface area contributed by atoms with Crippen molar-refractivity contribution < 1.29 is 0 Å². The molecule has 22 heavy (non-hydrogen) atoms. The molecule has 0 fully saturated rings. The van der Waals surface area contributed by atoms with Gasteiger partial charge in [-0.25, -0.2) is 0 Å². The first kappa shape index (κ1) is 15.0. The molecule has 0 saturated carbocycles. The van der Waals surface area contributed by atoms with E-state index in [4.69, 9.17) is 0 Å². The number of aromatic nitrogens is 3. The normalized spacial score (nSPS) is 16.1. The zero-order valence-corrected chi connectivity index (χ0v) is 13.4. The van der Waals surface area contributed by atoms with Crippen LogP contribution in [-0.2, 0) is 13.0 Å². The molecule has 2 aromatic rings. The van der Waals surface area contributed by atoms with Gasteiger partial charge in [0.15, 0.2) is 5.82 Å². The minimum atomic E-state index is 0.622. The first-order chi connectivity index (χ1) is 10.7. The van der Waals surface area contributed by atoms with Gasteiger partial charge in [0.05, 0.1) is 0 Å². The van der Waals surface area contributed by atoms with E-state index in [0.717, 1.165) is 49.8 Å². The van der Waals surface area contributed by atoms with Crippen LogP contribution in [0, 0.1) is 5.92 Å². The van der Waals surface area contributed by atoms with Crippen LogP contribution in [0.4, 0.5) is 0 Å². The highest BCUT2D eigenvalue weighted by Crippen LogP contribution is 2.19. The highest BCUT2D eigenvalue weighted by molar-refractivity contribution is 5.55. The summed E-state index contributed by atoms with van der Waals surface area (Å²) < 4.78 is 2.28. The molecule has 4 nitrogen and oxygen atoms in total. The van der Waals surface area contributed by atoms with Gasteiger partial charge in [-0.3, -0.25) is 4.90 Å². The molecule has 0 atom stereocenters. The third-order valence-corrected chi connectivity index (χ3v) is 4.04. The predicted molar refractivity (Wildman–Crippen MR) is 89.6 cm³/mol. The first-order valence-electron chi connectivity index (χ1n) is 8.10. The molecule has 0 spiro atoms. The van der Waals surface area contributed by atoms with E-state index in [0.29, 0.717) is 5.92 Å². The lowest BCUT2D eigenvalue weighted by Crippen LogP contribution is -2.27. The van der Waals surface area contributed by atoms with Crippen molar-refractivity contribution in [2.24, 2.45) is 5.92 Å². The molecule has 1 aliphatic heterocycles. The molecular weight excluding hydrogens is 272 g/mol. The quantitative estimate of drug-likeness (QED) is 0.813. The number of nitrogens with zero attached hydrogens (tertiary/aromatic N) is 4. The Morgan fingerprint density at radius 1 is 1.09 bits per heavy atom. The first-order valence-corrected chi connectivity index (χ1v) is 8.10. The van der Waals surface area contributed by atoms with Crippen molar-refractivity contribution in [2.45, 2.75) is 26.8 Å². The number of benzene rings is 1. The number of rotatable bonds is 4. The molecule has 1 aliphatic rings. The number of fused-ring (bicyclic) bond motifs is 1. The monoisotopic (exact) mass is 296 g/mol. The smallest absolute Gasteiger partial charge is 0.164 e. The number of allylic oxidation sites excluding steroid dienone is 1. The molecule has 1 aromatic heterocycles. The Kier molecular flexibility index (Phi) is 4.68. The van der Waals surface area contributed by atoms with E-state index in [1.807, 2.05) is 6.07 Å². The van der Waals surface area contributed by atoms with Crippen molar-refractivity contribution in [3.05, 3.63) is 48.3 Å². The summed E-state index contributed by atoms with van der Waals surface area (Å²) in [6.45, 7) is 8.51. The van der Waals surface area contributed by atoms with Crippen LogP contribution in [0.3, 0.4) is 0 Å². The van der Waals surface area contributed by atoms with Crippen molar-refractivity contribution in [2.75, 3.05) is 19.6 Å². The highest BCUT2D eigenvalue weighted by atomic mass is 15.3. The van der Waals surface area contributed by atoms with Gasteiger partial charge in [-0.15, -0.1) is 10.2 Å². The molecule has 1 aromatic carbocycles. The Morgan fingerprint density at radius 2 is 1.91 bits per heavy atom. The van der Waals surface area contributed by atoms with Crippen molar-refractivity contribution in [3.63, 3.8) is 0 Å². The Balaban J connectivity index is 1.71. The van der Waals surface area contributed by atoms with Crippen LogP contribution in [0.25, 0.3) is 11.4 Å².